The fourth-order valence-electron chi connectivity index (χ4n) is 3.23. The zero-order valence-electron chi connectivity index (χ0n) is 14.9. The van der Waals surface area contributed by atoms with Crippen LogP contribution in [0.5, 0.6) is 0 Å². The quantitative estimate of drug-likeness (QED) is 0.841. The first-order valence-corrected chi connectivity index (χ1v) is 8.83. The number of likely N-dealkylation sites (N-methyl/N-ethyl adjacent to an activating group) is 1. The van der Waals surface area contributed by atoms with E-state index in [2.05, 4.69) is 36.6 Å². The maximum absolute atomic E-state index is 12.5. The van der Waals surface area contributed by atoms with E-state index in [1.807, 2.05) is 18.2 Å². The molecule has 1 aromatic carbocycles. The van der Waals surface area contributed by atoms with Crippen LogP contribution >= 0.6 is 0 Å². The molecule has 0 aromatic heterocycles. The van der Waals surface area contributed by atoms with Crippen molar-refractivity contribution < 1.29 is 9.59 Å². The highest BCUT2D eigenvalue weighted by atomic mass is 16.2. The monoisotopic (exact) mass is 331 g/mol. The predicted molar refractivity (Wildman–Crippen MR) is 95.7 cm³/mol. The third-order valence-corrected chi connectivity index (χ3v) is 4.86. The second-order valence-electron chi connectivity index (χ2n) is 6.85. The van der Waals surface area contributed by atoms with Crippen LogP contribution in [0.3, 0.4) is 0 Å². The Labute approximate surface area is 144 Å². The second kappa shape index (κ2) is 8.71. The molecule has 5 nitrogen and oxygen atoms in total. The highest BCUT2D eigenvalue weighted by Crippen LogP contribution is 2.19. The van der Waals surface area contributed by atoms with E-state index < -0.39 is 0 Å². The maximum atomic E-state index is 12.5. The molecule has 0 aliphatic carbocycles. The number of carbonyl (C=O) groups is 2. The molecule has 2 atom stereocenters. The van der Waals surface area contributed by atoms with Gasteiger partial charge in [0.05, 0.1) is 0 Å². The van der Waals surface area contributed by atoms with E-state index in [1.54, 1.807) is 11.9 Å². The van der Waals surface area contributed by atoms with Crippen molar-refractivity contribution in [2.45, 2.75) is 39.2 Å². The minimum atomic E-state index is -0.332. The number of hydrogen-bond acceptors (Lipinski definition) is 2. The van der Waals surface area contributed by atoms with Gasteiger partial charge in [0.1, 0.15) is 6.04 Å². The number of hydrogen-bond donors (Lipinski definition) is 2. The Morgan fingerprint density at radius 3 is 2.58 bits per heavy atom. The summed E-state index contributed by atoms with van der Waals surface area (Å²) in [6, 6.07) is 9.90. The van der Waals surface area contributed by atoms with E-state index in [0.29, 0.717) is 24.9 Å². The molecule has 0 spiro atoms. The lowest BCUT2D eigenvalue weighted by atomic mass is 9.89. The molecule has 1 heterocycles. The van der Waals surface area contributed by atoms with Crippen LogP contribution in [0.1, 0.15) is 32.3 Å². The molecule has 0 bridgehead atoms. The van der Waals surface area contributed by atoms with Gasteiger partial charge >= 0.3 is 6.03 Å². The van der Waals surface area contributed by atoms with Gasteiger partial charge in [0.2, 0.25) is 5.91 Å². The Bertz CT molecular complexity index is 545. The molecule has 0 saturated carbocycles. The van der Waals surface area contributed by atoms with Crippen LogP contribution in [0.4, 0.5) is 4.79 Å². The minimum absolute atomic E-state index is 0.0765. The number of carbonyl (C=O) groups excluding carboxylic acids is 2. The van der Waals surface area contributed by atoms with Gasteiger partial charge in [0.25, 0.3) is 0 Å². The fourth-order valence-corrected chi connectivity index (χ4v) is 3.23. The van der Waals surface area contributed by atoms with Crippen molar-refractivity contribution in [1.82, 2.24) is 15.5 Å². The van der Waals surface area contributed by atoms with Crippen LogP contribution in [0.15, 0.2) is 30.3 Å². The van der Waals surface area contributed by atoms with E-state index in [1.165, 1.54) is 5.56 Å². The van der Waals surface area contributed by atoms with Crippen molar-refractivity contribution >= 4 is 11.9 Å². The minimum Gasteiger partial charge on any atom is -0.357 e. The van der Waals surface area contributed by atoms with Crippen molar-refractivity contribution in [3.63, 3.8) is 0 Å². The molecular formula is C19H29N3O2. The lowest BCUT2D eigenvalue weighted by Crippen LogP contribution is -2.50. The van der Waals surface area contributed by atoms with Crippen molar-refractivity contribution in [2.75, 3.05) is 20.1 Å². The SMILES string of the molecule is CNC(=O)[C@@H]1CCCN1C(=O)NC[C@H](Cc1ccccc1)C(C)C. The Morgan fingerprint density at radius 2 is 1.96 bits per heavy atom. The van der Waals surface area contributed by atoms with E-state index in [4.69, 9.17) is 0 Å². The van der Waals surface area contributed by atoms with E-state index >= 15 is 0 Å². The second-order valence-corrected chi connectivity index (χ2v) is 6.85. The molecule has 2 rings (SSSR count). The maximum Gasteiger partial charge on any atom is 0.318 e. The molecule has 3 amide bonds. The van der Waals surface area contributed by atoms with Crippen molar-refractivity contribution in [1.29, 1.82) is 0 Å². The van der Waals surface area contributed by atoms with Crippen molar-refractivity contribution in [3.8, 4) is 0 Å². The van der Waals surface area contributed by atoms with Gasteiger partial charge in [-0.15, -0.1) is 0 Å². The molecule has 1 aromatic rings. The molecule has 1 aliphatic rings. The van der Waals surface area contributed by atoms with Crippen molar-refractivity contribution in [2.24, 2.45) is 11.8 Å². The van der Waals surface area contributed by atoms with Crippen LogP contribution in [-0.2, 0) is 11.2 Å². The number of amides is 3. The summed E-state index contributed by atoms with van der Waals surface area (Å²) in [5, 5.41) is 5.69. The molecule has 1 aliphatic heterocycles. The molecule has 5 heteroatoms. The van der Waals surface area contributed by atoms with Gasteiger partial charge in [-0.05, 0) is 36.7 Å². The molecule has 2 N–H and O–H groups in total. The van der Waals surface area contributed by atoms with Crippen LogP contribution in [0.25, 0.3) is 0 Å². The zero-order valence-corrected chi connectivity index (χ0v) is 14.9. The highest BCUT2D eigenvalue weighted by molar-refractivity contribution is 5.87. The predicted octanol–water partition coefficient (Wildman–Crippen LogP) is 2.42. The normalized spacial score (nSPS) is 18.5. The summed E-state index contributed by atoms with van der Waals surface area (Å²) in [4.78, 5) is 26.0. The number of benzene rings is 1. The first kappa shape index (κ1) is 18.3. The third kappa shape index (κ3) is 4.73. The van der Waals surface area contributed by atoms with Gasteiger partial charge in [-0.25, -0.2) is 4.79 Å². The van der Waals surface area contributed by atoms with Crippen molar-refractivity contribution in [3.05, 3.63) is 35.9 Å². The molecule has 24 heavy (non-hydrogen) atoms. The molecule has 0 unspecified atom stereocenters. The molecule has 1 fully saturated rings. The highest BCUT2D eigenvalue weighted by Gasteiger charge is 2.33. The topological polar surface area (TPSA) is 61.4 Å². The Balaban J connectivity index is 1.91. The summed E-state index contributed by atoms with van der Waals surface area (Å²) in [7, 11) is 1.62. The number of nitrogens with zero attached hydrogens (tertiary/aromatic N) is 1. The average molecular weight is 331 g/mol. The Hall–Kier alpha value is -2.04. The standard InChI is InChI=1S/C19H29N3O2/c1-14(2)16(12-15-8-5-4-6-9-15)13-21-19(24)22-11-7-10-17(22)18(23)20-3/h4-6,8-9,14,16-17H,7,10-13H2,1-3H3,(H,20,23)(H,21,24)/t16-,17-/m0/s1. The summed E-state index contributed by atoms with van der Waals surface area (Å²) >= 11 is 0. The van der Waals surface area contributed by atoms with Gasteiger partial charge in [0, 0.05) is 20.1 Å². The Kier molecular flexibility index (Phi) is 6.64. The van der Waals surface area contributed by atoms with Crippen LogP contribution in [-0.4, -0.2) is 43.0 Å². The van der Waals surface area contributed by atoms with Gasteiger partial charge in [-0.3, -0.25) is 4.79 Å². The van der Waals surface area contributed by atoms with Crippen LogP contribution in [0, 0.1) is 11.8 Å². The molecular weight excluding hydrogens is 302 g/mol. The fraction of sp³-hybridized carbons (Fsp3) is 0.579. The lowest BCUT2D eigenvalue weighted by molar-refractivity contribution is -0.124. The summed E-state index contributed by atoms with van der Waals surface area (Å²) in [5.74, 6) is 0.767. The summed E-state index contributed by atoms with van der Waals surface area (Å²) in [5.41, 5.74) is 1.29. The number of urea groups is 1. The van der Waals surface area contributed by atoms with Gasteiger partial charge in [-0.2, -0.15) is 0 Å². The average Bonchev–Trinajstić information content (AvgIpc) is 3.08. The number of rotatable bonds is 6. The van der Waals surface area contributed by atoms with E-state index in [0.717, 1.165) is 19.3 Å². The van der Waals surface area contributed by atoms with Gasteiger partial charge in [0.15, 0.2) is 0 Å². The van der Waals surface area contributed by atoms with Crippen LogP contribution in [0.2, 0.25) is 0 Å². The zero-order chi connectivity index (χ0) is 17.5. The van der Waals surface area contributed by atoms with Crippen LogP contribution < -0.4 is 10.6 Å². The first-order valence-electron chi connectivity index (χ1n) is 8.83. The smallest absolute Gasteiger partial charge is 0.318 e. The largest absolute Gasteiger partial charge is 0.357 e. The summed E-state index contributed by atoms with van der Waals surface area (Å²) < 4.78 is 0. The molecule has 132 valence electrons. The molecule has 1 saturated heterocycles. The number of nitrogens with one attached hydrogen (secondary N) is 2. The summed E-state index contributed by atoms with van der Waals surface area (Å²) in [6.07, 6.45) is 2.56. The summed E-state index contributed by atoms with van der Waals surface area (Å²) in [6.45, 7) is 5.64. The lowest BCUT2D eigenvalue weighted by Gasteiger charge is -2.26. The van der Waals surface area contributed by atoms with Gasteiger partial charge < -0.3 is 15.5 Å². The van der Waals surface area contributed by atoms with E-state index in [9.17, 15) is 9.59 Å². The van der Waals surface area contributed by atoms with E-state index in [-0.39, 0.29) is 18.0 Å². The number of likely N-dealkylation sites (tertiary alicyclic amines) is 1. The third-order valence-electron chi connectivity index (χ3n) is 4.86. The first-order chi connectivity index (χ1) is 11.5. The Morgan fingerprint density at radius 1 is 1.25 bits per heavy atom. The van der Waals surface area contributed by atoms with Gasteiger partial charge in [-0.1, -0.05) is 44.2 Å². The molecule has 0 radical (unpaired) electrons.